The highest BCUT2D eigenvalue weighted by Crippen LogP contribution is 2.33. The standard InChI is InChI=1S/C8H13N3O/c1-11-7(5-9-10-11)6-3-2-4-8(6)12/h5-6,8,12H,2-4H2,1H3/t6-,8+/m0/s1. The molecule has 0 saturated heterocycles. The van der Waals surface area contributed by atoms with Crippen molar-refractivity contribution in [3.05, 3.63) is 11.9 Å². The van der Waals surface area contributed by atoms with E-state index < -0.39 is 0 Å². The van der Waals surface area contributed by atoms with Crippen LogP contribution in [0.4, 0.5) is 0 Å². The maximum atomic E-state index is 9.62. The molecule has 1 aromatic rings. The van der Waals surface area contributed by atoms with E-state index in [1.54, 1.807) is 10.9 Å². The van der Waals surface area contributed by atoms with E-state index in [1.807, 2.05) is 7.05 Å². The Hall–Kier alpha value is -0.900. The van der Waals surface area contributed by atoms with Crippen molar-refractivity contribution in [2.45, 2.75) is 31.3 Å². The second kappa shape index (κ2) is 2.86. The Labute approximate surface area is 71.2 Å². The highest BCUT2D eigenvalue weighted by Gasteiger charge is 2.28. The summed E-state index contributed by atoms with van der Waals surface area (Å²) in [5, 5.41) is 17.3. The Kier molecular flexibility index (Phi) is 1.84. The Morgan fingerprint density at radius 1 is 1.58 bits per heavy atom. The van der Waals surface area contributed by atoms with E-state index in [4.69, 9.17) is 0 Å². The molecule has 66 valence electrons. The predicted molar refractivity (Wildman–Crippen MR) is 43.6 cm³/mol. The molecule has 2 atom stereocenters. The summed E-state index contributed by atoms with van der Waals surface area (Å²) in [5.41, 5.74) is 1.06. The van der Waals surface area contributed by atoms with Crippen LogP contribution in [0.3, 0.4) is 0 Å². The third-order valence-electron chi connectivity index (χ3n) is 2.61. The van der Waals surface area contributed by atoms with Crippen LogP contribution in [0.15, 0.2) is 6.20 Å². The largest absolute Gasteiger partial charge is 0.392 e. The molecule has 1 fully saturated rings. The molecule has 1 heterocycles. The van der Waals surface area contributed by atoms with Gasteiger partial charge in [-0.3, -0.25) is 4.68 Å². The Bertz CT molecular complexity index is 271. The van der Waals surface area contributed by atoms with Crippen LogP contribution < -0.4 is 0 Å². The van der Waals surface area contributed by atoms with Gasteiger partial charge in [-0.1, -0.05) is 11.6 Å². The molecule has 2 rings (SSSR count). The number of hydrogen-bond acceptors (Lipinski definition) is 3. The summed E-state index contributed by atoms with van der Waals surface area (Å²) >= 11 is 0. The van der Waals surface area contributed by atoms with E-state index >= 15 is 0 Å². The van der Waals surface area contributed by atoms with Crippen LogP contribution in [0.1, 0.15) is 30.9 Å². The zero-order valence-corrected chi connectivity index (χ0v) is 7.14. The summed E-state index contributed by atoms with van der Waals surface area (Å²) < 4.78 is 1.75. The lowest BCUT2D eigenvalue weighted by atomic mass is 10.0. The van der Waals surface area contributed by atoms with E-state index in [-0.39, 0.29) is 12.0 Å². The van der Waals surface area contributed by atoms with Gasteiger partial charge in [-0.05, 0) is 12.8 Å². The molecule has 0 spiro atoms. The third kappa shape index (κ3) is 1.12. The number of nitrogens with zero attached hydrogens (tertiary/aromatic N) is 3. The molecule has 1 aromatic heterocycles. The number of aliphatic hydroxyl groups is 1. The van der Waals surface area contributed by atoms with Gasteiger partial charge >= 0.3 is 0 Å². The average molecular weight is 167 g/mol. The first-order valence-corrected chi connectivity index (χ1v) is 4.31. The van der Waals surface area contributed by atoms with Gasteiger partial charge in [-0.2, -0.15) is 0 Å². The molecule has 1 aliphatic rings. The Morgan fingerprint density at radius 3 is 2.92 bits per heavy atom. The lowest BCUT2D eigenvalue weighted by Gasteiger charge is -2.12. The third-order valence-corrected chi connectivity index (χ3v) is 2.61. The molecule has 1 aliphatic carbocycles. The van der Waals surface area contributed by atoms with Gasteiger partial charge in [-0.25, -0.2) is 0 Å². The smallest absolute Gasteiger partial charge is 0.0728 e. The summed E-state index contributed by atoms with van der Waals surface area (Å²) in [6.45, 7) is 0. The summed E-state index contributed by atoms with van der Waals surface area (Å²) in [6, 6.07) is 0. The van der Waals surface area contributed by atoms with Crippen molar-refractivity contribution in [1.82, 2.24) is 15.0 Å². The van der Waals surface area contributed by atoms with Crippen molar-refractivity contribution in [2.75, 3.05) is 0 Å². The first-order chi connectivity index (χ1) is 5.79. The van der Waals surface area contributed by atoms with Crippen molar-refractivity contribution in [3.8, 4) is 0 Å². The Morgan fingerprint density at radius 2 is 2.42 bits per heavy atom. The number of aromatic nitrogens is 3. The number of rotatable bonds is 1. The minimum Gasteiger partial charge on any atom is -0.392 e. The van der Waals surface area contributed by atoms with Gasteiger partial charge in [0, 0.05) is 13.0 Å². The van der Waals surface area contributed by atoms with Gasteiger partial charge in [0.05, 0.1) is 18.0 Å². The van der Waals surface area contributed by atoms with Gasteiger partial charge in [0.15, 0.2) is 0 Å². The fourth-order valence-electron chi connectivity index (χ4n) is 1.92. The van der Waals surface area contributed by atoms with Crippen LogP contribution in [0.5, 0.6) is 0 Å². The summed E-state index contributed by atoms with van der Waals surface area (Å²) in [4.78, 5) is 0. The first kappa shape index (κ1) is 7.73. The predicted octanol–water partition coefficient (Wildman–Crippen LogP) is 0.443. The van der Waals surface area contributed by atoms with E-state index in [0.717, 1.165) is 25.0 Å². The minimum absolute atomic E-state index is 0.192. The summed E-state index contributed by atoms with van der Waals surface area (Å²) in [7, 11) is 1.87. The van der Waals surface area contributed by atoms with E-state index in [9.17, 15) is 5.11 Å². The molecule has 0 bridgehead atoms. The highest BCUT2D eigenvalue weighted by atomic mass is 16.3. The summed E-state index contributed by atoms with van der Waals surface area (Å²) in [6.07, 6.45) is 4.64. The van der Waals surface area contributed by atoms with Crippen LogP contribution in [0, 0.1) is 0 Å². The van der Waals surface area contributed by atoms with Crippen LogP contribution in [-0.4, -0.2) is 26.2 Å². The van der Waals surface area contributed by atoms with E-state index in [2.05, 4.69) is 10.3 Å². The lowest BCUT2D eigenvalue weighted by molar-refractivity contribution is 0.160. The quantitative estimate of drug-likeness (QED) is 0.660. The number of aliphatic hydroxyl groups excluding tert-OH is 1. The number of hydrogen-bond donors (Lipinski definition) is 1. The van der Waals surface area contributed by atoms with Crippen molar-refractivity contribution in [3.63, 3.8) is 0 Å². The molecule has 4 nitrogen and oxygen atoms in total. The monoisotopic (exact) mass is 167 g/mol. The van der Waals surface area contributed by atoms with Gasteiger partial charge in [0.25, 0.3) is 0 Å². The molecule has 12 heavy (non-hydrogen) atoms. The zero-order chi connectivity index (χ0) is 8.55. The van der Waals surface area contributed by atoms with Gasteiger partial charge in [0.1, 0.15) is 0 Å². The fourth-order valence-corrected chi connectivity index (χ4v) is 1.92. The van der Waals surface area contributed by atoms with Crippen molar-refractivity contribution in [1.29, 1.82) is 0 Å². The van der Waals surface area contributed by atoms with E-state index in [0.29, 0.717) is 0 Å². The molecule has 1 saturated carbocycles. The SMILES string of the molecule is Cn1nncc1[C@@H]1CCC[C@H]1O. The normalized spacial score (nSPS) is 29.5. The fraction of sp³-hybridized carbons (Fsp3) is 0.750. The van der Waals surface area contributed by atoms with Crippen LogP contribution in [-0.2, 0) is 7.05 Å². The molecule has 1 N–H and O–H groups in total. The highest BCUT2D eigenvalue weighted by molar-refractivity contribution is 5.07. The maximum absolute atomic E-state index is 9.62. The second-order valence-electron chi connectivity index (χ2n) is 3.39. The minimum atomic E-state index is -0.192. The maximum Gasteiger partial charge on any atom is 0.0728 e. The molecular formula is C8H13N3O. The molecule has 4 heteroatoms. The number of aryl methyl sites for hydroxylation is 1. The van der Waals surface area contributed by atoms with Crippen LogP contribution in [0.25, 0.3) is 0 Å². The van der Waals surface area contributed by atoms with Gasteiger partial charge in [-0.15, -0.1) is 5.10 Å². The molecule has 0 aromatic carbocycles. The average Bonchev–Trinajstić information content (AvgIpc) is 2.59. The van der Waals surface area contributed by atoms with Crippen LogP contribution in [0.2, 0.25) is 0 Å². The molecule has 0 amide bonds. The second-order valence-corrected chi connectivity index (χ2v) is 3.39. The van der Waals surface area contributed by atoms with Crippen LogP contribution >= 0.6 is 0 Å². The molecular weight excluding hydrogens is 154 g/mol. The van der Waals surface area contributed by atoms with Crippen molar-refractivity contribution < 1.29 is 5.11 Å². The first-order valence-electron chi connectivity index (χ1n) is 4.31. The Balaban J connectivity index is 2.24. The van der Waals surface area contributed by atoms with Crippen molar-refractivity contribution >= 4 is 0 Å². The summed E-state index contributed by atoms with van der Waals surface area (Å²) in [5.74, 6) is 0.255. The molecule has 0 radical (unpaired) electrons. The van der Waals surface area contributed by atoms with Gasteiger partial charge in [0.2, 0.25) is 0 Å². The topological polar surface area (TPSA) is 50.9 Å². The van der Waals surface area contributed by atoms with Crippen molar-refractivity contribution in [2.24, 2.45) is 7.05 Å². The lowest BCUT2D eigenvalue weighted by Crippen LogP contribution is -2.14. The van der Waals surface area contributed by atoms with E-state index in [1.165, 1.54) is 0 Å². The van der Waals surface area contributed by atoms with Gasteiger partial charge < -0.3 is 5.11 Å². The molecule has 0 unspecified atom stereocenters. The zero-order valence-electron chi connectivity index (χ0n) is 7.14. The molecule has 0 aliphatic heterocycles.